The largest absolute Gasteiger partial charge is 1.00 e. The van der Waals surface area contributed by atoms with E-state index >= 15 is 0 Å². The topological polar surface area (TPSA) is 124 Å². The van der Waals surface area contributed by atoms with Crippen LogP contribution in [-0.2, 0) is 30.6 Å². The Hall–Kier alpha value is -1.42. The number of carbonyl (C=O) groups is 3. The number of carbonyl (C=O) groups excluding carboxylic acids is 3. The second-order valence-electron chi connectivity index (χ2n) is 6.71. The summed E-state index contributed by atoms with van der Waals surface area (Å²) in [6.45, 7) is 2.49. The van der Waals surface area contributed by atoms with E-state index < -0.39 is 49.8 Å². The maximum atomic E-state index is 12.7. The number of carboxylic acids is 1. The van der Waals surface area contributed by atoms with E-state index in [0.29, 0.717) is 5.56 Å². The second kappa shape index (κ2) is 6.95. The fourth-order valence-electron chi connectivity index (χ4n) is 3.43. The predicted octanol–water partition coefficient (Wildman–Crippen LogP) is -4.79. The van der Waals surface area contributed by atoms with Gasteiger partial charge in [0.2, 0.25) is 11.8 Å². The van der Waals surface area contributed by atoms with Crippen molar-refractivity contribution in [2.24, 2.45) is 0 Å². The van der Waals surface area contributed by atoms with Crippen LogP contribution in [0.3, 0.4) is 0 Å². The summed E-state index contributed by atoms with van der Waals surface area (Å²) in [7, 11) is -3.99. The molecule has 0 radical (unpaired) electrons. The average molecular weight is 388 g/mol. The number of nitrogens with one attached hydrogen (secondary N) is 1. The maximum Gasteiger partial charge on any atom is 1.00 e. The first-order chi connectivity index (χ1) is 11.6. The molecule has 1 aromatic rings. The van der Waals surface area contributed by atoms with Crippen molar-refractivity contribution in [3.05, 3.63) is 35.9 Å². The fraction of sp³-hybridized carbons (Fsp3) is 0.438. The smallest absolute Gasteiger partial charge is 0.548 e. The second-order valence-corrected chi connectivity index (χ2v) is 9.34. The third-order valence-corrected chi connectivity index (χ3v) is 7.64. The minimum atomic E-state index is -3.99. The number of carboxylic acid groups (broad SMARTS) is 1. The molecule has 2 heterocycles. The number of β-lactam (4-membered cyclic amide) rings is 1. The molecule has 2 fully saturated rings. The summed E-state index contributed by atoms with van der Waals surface area (Å²) in [4.78, 5) is 36.6. The van der Waals surface area contributed by atoms with E-state index in [4.69, 9.17) is 0 Å². The Kier molecular flexibility index (Phi) is 5.59. The average Bonchev–Trinajstić information content (AvgIpc) is 2.67. The standard InChI is InChI=1S/C16H18N2O6S.Na/c1-16(2)12(15(21)22)18-13(20)11(14(18)25(16,23)24)17-10(19)8-9-6-4-3-5-7-9;/h3-7,11-12,14H,8H2,1-2H3,(H,17,19)(H,21,22);/q;+1/p-1/t11-,12+,14-;/m1./s1. The molecular formula is C16H17N2NaO6S. The van der Waals surface area contributed by atoms with Gasteiger partial charge < -0.3 is 20.1 Å². The number of rotatable bonds is 4. The summed E-state index contributed by atoms with van der Waals surface area (Å²) in [6.07, 6.45) is -0.00923. The van der Waals surface area contributed by atoms with Crippen LogP contribution in [0.4, 0.5) is 0 Å². The molecule has 1 aromatic carbocycles. The number of fused-ring (bicyclic) bond motifs is 1. The molecule has 0 unspecified atom stereocenters. The minimum Gasteiger partial charge on any atom is -0.548 e. The van der Waals surface area contributed by atoms with Gasteiger partial charge >= 0.3 is 29.6 Å². The Balaban J connectivity index is 0.00000243. The molecule has 0 saturated carbocycles. The van der Waals surface area contributed by atoms with Gasteiger partial charge in [-0.05, 0) is 19.4 Å². The zero-order valence-corrected chi connectivity index (χ0v) is 17.4. The summed E-state index contributed by atoms with van der Waals surface area (Å²) in [5.41, 5.74) is 0.714. The van der Waals surface area contributed by atoms with E-state index in [2.05, 4.69) is 5.32 Å². The van der Waals surface area contributed by atoms with Crippen LogP contribution in [0.2, 0.25) is 0 Å². The van der Waals surface area contributed by atoms with Crippen LogP contribution >= 0.6 is 0 Å². The van der Waals surface area contributed by atoms with E-state index in [-0.39, 0.29) is 36.0 Å². The van der Waals surface area contributed by atoms with Crippen LogP contribution in [0.15, 0.2) is 30.3 Å². The zero-order chi connectivity index (χ0) is 18.6. The van der Waals surface area contributed by atoms with E-state index in [0.717, 1.165) is 4.90 Å². The van der Waals surface area contributed by atoms with Gasteiger partial charge in [-0.15, -0.1) is 0 Å². The number of hydrogen-bond acceptors (Lipinski definition) is 6. The van der Waals surface area contributed by atoms with Gasteiger partial charge in [0.15, 0.2) is 15.2 Å². The molecule has 26 heavy (non-hydrogen) atoms. The molecule has 8 nitrogen and oxygen atoms in total. The van der Waals surface area contributed by atoms with Gasteiger partial charge in [-0.2, -0.15) is 0 Å². The molecule has 2 saturated heterocycles. The Labute approximate surface area is 173 Å². The molecule has 2 amide bonds. The number of sulfone groups is 1. The first-order valence-electron chi connectivity index (χ1n) is 7.69. The zero-order valence-electron chi connectivity index (χ0n) is 14.6. The van der Waals surface area contributed by atoms with Gasteiger partial charge in [-0.1, -0.05) is 30.3 Å². The number of hydrogen-bond donors (Lipinski definition) is 1. The third-order valence-electron chi connectivity index (χ3n) is 4.82. The summed E-state index contributed by atoms with van der Waals surface area (Å²) in [6, 6.07) is 5.93. The van der Waals surface area contributed by atoms with Gasteiger partial charge in [0.1, 0.15) is 6.04 Å². The van der Waals surface area contributed by atoms with Gasteiger partial charge in [0.25, 0.3) is 0 Å². The predicted molar refractivity (Wildman–Crippen MR) is 84.5 cm³/mol. The summed E-state index contributed by atoms with van der Waals surface area (Å²) >= 11 is 0. The Bertz CT molecular complexity index is 855. The Morgan fingerprint density at radius 2 is 1.81 bits per heavy atom. The van der Waals surface area contributed by atoms with Gasteiger partial charge in [0, 0.05) is 0 Å². The third kappa shape index (κ3) is 2.96. The minimum absolute atomic E-state index is 0. The molecule has 0 spiro atoms. The number of benzene rings is 1. The van der Waals surface area contributed by atoms with E-state index in [1.165, 1.54) is 13.8 Å². The van der Waals surface area contributed by atoms with Crippen molar-refractivity contribution in [2.75, 3.05) is 0 Å². The summed E-state index contributed by atoms with van der Waals surface area (Å²) in [5, 5.41) is 12.4. The molecule has 0 aliphatic carbocycles. The van der Waals surface area contributed by atoms with Crippen molar-refractivity contribution >= 4 is 27.6 Å². The van der Waals surface area contributed by atoms with Crippen molar-refractivity contribution in [3.8, 4) is 0 Å². The van der Waals surface area contributed by atoms with E-state index in [1.54, 1.807) is 30.3 Å². The first kappa shape index (κ1) is 20.9. The quantitative estimate of drug-likeness (QED) is 0.408. The molecule has 2 aliphatic heterocycles. The van der Waals surface area contributed by atoms with Crippen LogP contribution < -0.4 is 40.0 Å². The number of nitrogens with zero attached hydrogens (tertiary/aromatic N) is 1. The van der Waals surface area contributed by atoms with Gasteiger partial charge in [0.05, 0.1) is 23.2 Å². The SMILES string of the molecule is CC1(C)[C@H](C(=O)[O-])N2C(=O)[C@@H](NC(=O)Cc3ccccc3)[C@H]2S1(=O)=O.[Na+]. The van der Waals surface area contributed by atoms with Gasteiger partial charge in [-0.25, -0.2) is 8.42 Å². The molecular weight excluding hydrogens is 371 g/mol. The molecule has 3 atom stereocenters. The van der Waals surface area contributed by atoms with Crippen molar-refractivity contribution in [2.45, 2.75) is 42.5 Å². The van der Waals surface area contributed by atoms with Crippen molar-refractivity contribution in [1.82, 2.24) is 10.2 Å². The molecule has 0 bridgehead atoms. The summed E-state index contributed by atoms with van der Waals surface area (Å²) < 4.78 is 23.6. The molecule has 3 rings (SSSR count). The maximum absolute atomic E-state index is 12.7. The molecule has 0 aromatic heterocycles. The molecule has 134 valence electrons. The van der Waals surface area contributed by atoms with Crippen LogP contribution in [-0.4, -0.2) is 53.3 Å². The summed E-state index contributed by atoms with van der Waals surface area (Å²) in [5.74, 6) is -2.86. The molecule has 10 heteroatoms. The van der Waals surface area contributed by atoms with E-state index in [1.807, 2.05) is 0 Å². The number of amides is 2. The monoisotopic (exact) mass is 388 g/mol. The van der Waals surface area contributed by atoms with Crippen LogP contribution in [0.25, 0.3) is 0 Å². The van der Waals surface area contributed by atoms with E-state index in [9.17, 15) is 27.9 Å². The van der Waals surface area contributed by atoms with Crippen LogP contribution in [0, 0.1) is 0 Å². The normalized spacial score (nSPS) is 27.7. The van der Waals surface area contributed by atoms with Crippen molar-refractivity contribution < 1.29 is 57.5 Å². The molecule has 2 aliphatic rings. The fourth-order valence-corrected chi connectivity index (χ4v) is 5.64. The first-order valence-corrected chi connectivity index (χ1v) is 9.23. The van der Waals surface area contributed by atoms with Crippen molar-refractivity contribution in [1.29, 1.82) is 0 Å². The van der Waals surface area contributed by atoms with Crippen LogP contribution in [0.5, 0.6) is 0 Å². The molecule has 1 N–H and O–H groups in total. The Morgan fingerprint density at radius 1 is 1.23 bits per heavy atom. The number of aliphatic carboxylic acids is 1. The van der Waals surface area contributed by atoms with Crippen molar-refractivity contribution in [3.63, 3.8) is 0 Å². The van der Waals surface area contributed by atoms with Crippen LogP contribution in [0.1, 0.15) is 19.4 Å². The van der Waals surface area contributed by atoms with Gasteiger partial charge in [-0.3, -0.25) is 9.59 Å². The Morgan fingerprint density at radius 3 is 2.35 bits per heavy atom.